The van der Waals surface area contributed by atoms with Crippen LogP contribution in [0.25, 0.3) is 0 Å². The van der Waals surface area contributed by atoms with E-state index in [-0.39, 0.29) is 11.9 Å². The fourth-order valence-electron chi connectivity index (χ4n) is 3.33. The first-order chi connectivity index (χ1) is 13.1. The molecule has 1 aliphatic rings. The number of carbonyl (C=O) groups excluding carboxylic acids is 1. The minimum atomic E-state index is 0.0718. The van der Waals surface area contributed by atoms with Crippen molar-refractivity contribution in [1.82, 2.24) is 10.2 Å². The zero-order valence-electron chi connectivity index (χ0n) is 15.8. The maximum absolute atomic E-state index is 12.6. The third kappa shape index (κ3) is 4.93. The zero-order chi connectivity index (χ0) is 19.2. The van der Waals surface area contributed by atoms with E-state index >= 15 is 0 Å². The molecule has 6 heteroatoms. The lowest BCUT2D eigenvalue weighted by Crippen LogP contribution is -2.51. The first-order valence-corrected chi connectivity index (χ1v) is 9.61. The molecule has 1 fully saturated rings. The Labute approximate surface area is 165 Å². The molecule has 27 heavy (non-hydrogen) atoms. The van der Waals surface area contributed by atoms with Crippen molar-refractivity contribution in [3.8, 4) is 5.75 Å². The molecular formula is C21H26ClN3O2. The summed E-state index contributed by atoms with van der Waals surface area (Å²) in [7, 11) is 1.69. The number of amides is 1. The van der Waals surface area contributed by atoms with E-state index in [9.17, 15) is 4.79 Å². The van der Waals surface area contributed by atoms with Gasteiger partial charge in [-0.3, -0.25) is 4.79 Å². The lowest BCUT2D eigenvalue weighted by Gasteiger charge is -2.36. The average Bonchev–Trinajstić information content (AvgIpc) is 2.71. The van der Waals surface area contributed by atoms with Crippen molar-refractivity contribution in [2.75, 3.05) is 44.7 Å². The number of ether oxygens (including phenoxy) is 1. The highest BCUT2D eigenvalue weighted by molar-refractivity contribution is 6.30. The Morgan fingerprint density at radius 1 is 1.15 bits per heavy atom. The van der Waals surface area contributed by atoms with Crippen LogP contribution in [-0.2, 0) is 4.79 Å². The molecule has 1 saturated heterocycles. The number of nitrogens with one attached hydrogen (secondary N) is 1. The molecule has 0 unspecified atom stereocenters. The molecule has 144 valence electrons. The first kappa shape index (κ1) is 19.5. The quantitative estimate of drug-likeness (QED) is 0.825. The Kier molecular flexibility index (Phi) is 6.58. The number of methoxy groups -OCH3 is 1. The standard InChI is InChI=1S/C21H26ClN3O2/c1-16(17-6-5-7-18(22)14-17)23-15-21(26)25-12-10-24(11-13-25)19-8-3-4-9-20(19)27-2/h3-9,14,16,23H,10-13,15H2,1-2H3/t16-/m0/s1. The molecule has 0 saturated carbocycles. The van der Waals surface area contributed by atoms with Gasteiger partial charge in [-0.1, -0.05) is 35.9 Å². The third-order valence-electron chi connectivity index (χ3n) is 4.97. The Bertz CT molecular complexity index is 776. The normalized spacial score (nSPS) is 15.5. The van der Waals surface area contributed by atoms with Crippen LogP contribution in [0.1, 0.15) is 18.5 Å². The van der Waals surface area contributed by atoms with Crippen molar-refractivity contribution in [3.63, 3.8) is 0 Å². The lowest BCUT2D eigenvalue weighted by atomic mass is 10.1. The van der Waals surface area contributed by atoms with Gasteiger partial charge in [0, 0.05) is 37.2 Å². The van der Waals surface area contributed by atoms with Crippen LogP contribution < -0.4 is 15.0 Å². The Morgan fingerprint density at radius 2 is 1.89 bits per heavy atom. The van der Waals surface area contributed by atoms with E-state index in [0.29, 0.717) is 24.7 Å². The van der Waals surface area contributed by atoms with E-state index in [0.717, 1.165) is 30.1 Å². The van der Waals surface area contributed by atoms with Gasteiger partial charge in [0.1, 0.15) is 5.75 Å². The Morgan fingerprint density at radius 3 is 2.59 bits per heavy atom. The molecule has 5 nitrogen and oxygen atoms in total. The molecule has 1 amide bonds. The molecule has 0 spiro atoms. The van der Waals surface area contributed by atoms with Crippen LogP contribution in [0.5, 0.6) is 5.75 Å². The predicted molar refractivity (Wildman–Crippen MR) is 110 cm³/mol. The number of carbonyl (C=O) groups is 1. The Hall–Kier alpha value is -2.24. The van der Waals surface area contributed by atoms with E-state index < -0.39 is 0 Å². The van der Waals surface area contributed by atoms with Gasteiger partial charge in [-0.05, 0) is 36.8 Å². The van der Waals surface area contributed by atoms with Gasteiger partial charge in [-0.2, -0.15) is 0 Å². The van der Waals surface area contributed by atoms with Crippen molar-refractivity contribution < 1.29 is 9.53 Å². The number of hydrogen-bond acceptors (Lipinski definition) is 4. The second-order valence-electron chi connectivity index (χ2n) is 6.70. The third-order valence-corrected chi connectivity index (χ3v) is 5.20. The molecule has 0 aliphatic carbocycles. The molecule has 0 radical (unpaired) electrons. The van der Waals surface area contributed by atoms with Gasteiger partial charge in [0.25, 0.3) is 0 Å². The van der Waals surface area contributed by atoms with Crippen LogP contribution in [0.3, 0.4) is 0 Å². The zero-order valence-corrected chi connectivity index (χ0v) is 16.6. The van der Waals surface area contributed by atoms with Gasteiger partial charge < -0.3 is 19.9 Å². The van der Waals surface area contributed by atoms with Crippen LogP contribution in [0.4, 0.5) is 5.69 Å². The SMILES string of the molecule is COc1ccccc1N1CCN(C(=O)CN[C@@H](C)c2cccc(Cl)c2)CC1. The number of nitrogens with zero attached hydrogens (tertiary/aromatic N) is 2. The molecule has 2 aromatic rings. The van der Waals surface area contributed by atoms with Gasteiger partial charge in [-0.25, -0.2) is 0 Å². The van der Waals surface area contributed by atoms with Gasteiger partial charge in [0.2, 0.25) is 5.91 Å². The Balaban J connectivity index is 1.50. The van der Waals surface area contributed by atoms with Gasteiger partial charge in [0.05, 0.1) is 19.3 Å². The monoisotopic (exact) mass is 387 g/mol. The van der Waals surface area contributed by atoms with Crippen molar-refractivity contribution in [2.45, 2.75) is 13.0 Å². The second-order valence-corrected chi connectivity index (χ2v) is 7.13. The van der Waals surface area contributed by atoms with Crippen LogP contribution >= 0.6 is 11.6 Å². The first-order valence-electron chi connectivity index (χ1n) is 9.23. The molecule has 1 heterocycles. The molecule has 0 bridgehead atoms. The molecule has 2 aromatic carbocycles. The summed E-state index contributed by atoms with van der Waals surface area (Å²) in [5.74, 6) is 0.998. The number of anilines is 1. The van der Waals surface area contributed by atoms with E-state index in [1.54, 1.807) is 7.11 Å². The number of benzene rings is 2. The summed E-state index contributed by atoms with van der Waals surface area (Å²) in [5, 5.41) is 4.01. The predicted octanol–water partition coefficient (Wildman–Crippen LogP) is 3.35. The smallest absolute Gasteiger partial charge is 0.236 e. The maximum Gasteiger partial charge on any atom is 0.236 e. The number of hydrogen-bond donors (Lipinski definition) is 1. The highest BCUT2D eigenvalue weighted by atomic mass is 35.5. The minimum Gasteiger partial charge on any atom is -0.495 e. The second kappa shape index (κ2) is 9.11. The van der Waals surface area contributed by atoms with E-state index in [2.05, 4.69) is 16.3 Å². The van der Waals surface area contributed by atoms with Crippen LogP contribution in [-0.4, -0.2) is 50.6 Å². The summed E-state index contributed by atoms with van der Waals surface area (Å²) in [6.45, 7) is 5.39. The van der Waals surface area contributed by atoms with E-state index in [4.69, 9.17) is 16.3 Å². The van der Waals surface area contributed by atoms with Crippen LogP contribution in [0, 0.1) is 0 Å². The summed E-state index contributed by atoms with van der Waals surface area (Å²) in [4.78, 5) is 16.7. The summed E-state index contributed by atoms with van der Waals surface area (Å²) < 4.78 is 5.45. The number of para-hydroxylation sites is 2. The van der Waals surface area contributed by atoms with Crippen molar-refractivity contribution >= 4 is 23.2 Å². The average molecular weight is 388 g/mol. The molecule has 1 N–H and O–H groups in total. The lowest BCUT2D eigenvalue weighted by molar-refractivity contribution is -0.130. The van der Waals surface area contributed by atoms with Crippen molar-refractivity contribution in [3.05, 3.63) is 59.1 Å². The summed E-state index contributed by atoms with van der Waals surface area (Å²) in [5.41, 5.74) is 2.16. The number of rotatable bonds is 6. The molecule has 0 aromatic heterocycles. The molecule has 3 rings (SSSR count). The minimum absolute atomic E-state index is 0.0718. The molecular weight excluding hydrogens is 362 g/mol. The summed E-state index contributed by atoms with van der Waals surface area (Å²) in [6, 6.07) is 15.8. The largest absolute Gasteiger partial charge is 0.495 e. The van der Waals surface area contributed by atoms with Gasteiger partial charge in [-0.15, -0.1) is 0 Å². The van der Waals surface area contributed by atoms with Crippen LogP contribution in [0.15, 0.2) is 48.5 Å². The highest BCUT2D eigenvalue weighted by Crippen LogP contribution is 2.28. The molecule has 1 atom stereocenters. The van der Waals surface area contributed by atoms with Crippen molar-refractivity contribution in [1.29, 1.82) is 0 Å². The summed E-state index contributed by atoms with van der Waals surface area (Å²) in [6.07, 6.45) is 0. The highest BCUT2D eigenvalue weighted by Gasteiger charge is 2.23. The maximum atomic E-state index is 12.6. The van der Waals surface area contributed by atoms with Crippen molar-refractivity contribution in [2.24, 2.45) is 0 Å². The number of piperazine rings is 1. The van der Waals surface area contributed by atoms with Gasteiger partial charge in [0.15, 0.2) is 0 Å². The topological polar surface area (TPSA) is 44.8 Å². The van der Waals surface area contributed by atoms with Gasteiger partial charge >= 0.3 is 0 Å². The van der Waals surface area contributed by atoms with E-state index in [1.807, 2.05) is 54.3 Å². The van der Waals surface area contributed by atoms with Crippen LogP contribution in [0.2, 0.25) is 5.02 Å². The fraction of sp³-hybridized carbons (Fsp3) is 0.381. The van der Waals surface area contributed by atoms with E-state index in [1.165, 1.54) is 0 Å². The fourth-order valence-corrected chi connectivity index (χ4v) is 3.53. The molecule has 1 aliphatic heterocycles. The summed E-state index contributed by atoms with van der Waals surface area (Å²) >= 11 is 6.04. The number of halogens is 1.